The van der Waals surface area contributed by atoms with Crippen molar-refractivity contribution in [1.29, 1.82) is 0 Å². The number of ketones is 1. The monoisotopic (exact) mass is 316 g/mol. The minimum absolute atomic E-state index is 0.179. The normalized spacial score (nSPS) is 49.5. The summed E-state index contributed by atoms with van der Waals surface area (Å²) in [4.78, 5) is 12.0. The minimum Gasteiger partial charge on any atom is -0.390 e. The number of aliphatic hydroxyl groups is 2. The lowest BCUT2D eigenvalue weighted by Gasteiger charge is -2.55. The highest BCUT2D eigenvalue weighted by Crippen LogP contribution is 2.58. The van der Waals surface area contributed by atoms with Crippen molar-refractivity contribution < 1.29 is 15.0 Å². The molecule has 4 rings (SSSR count). The Hall–Kier alpha value is -0.930. The van der Waals surface area contributed by atoms with Crippen molar-refractivity contribution in [2.75, 3.05) is 0 Å². The van der Waals surface area contributed by atoms with Gasteiger partial charge >= 0.3 is 0 Å². The van der Waals surface area contributed by atoms with Gasteiger partial charge in [-0.25, -0.2) is 0 Å². The van der Waals surface area contributed by atoms with E-state index in [1.807, 2.05) is 6.92 Å². The number of hydrogen-bond acceptors (Lipinski definition) is 3. The van der Waals surface area contributed by atoms with Gasteiger partial charge in [-0.1, -0.05) is 19.1 Å². The van der Waals surface area contributed by atoms with Gasteiger partial charge in [0, 0.05) is 6.42 Å². The van der Waals surface area contributed by atoms with E-state index in [9.17, 15) is 15.0 Å². The van der Waals surface area contributed by atoms with E-state index in [1.54, 1.807) is 0 Å². The first kappa shape index (κ1) is 15.6. The zero-order chi connectivity index (χ0) is 16.4. The molecule has 0 heterocycles. The van der Waals surface area contributed by atoms with Crippen LogP contribution in [-0.2, 0) is 4.79 Å². The van der Waals surface area contributed by atoms with Crippen molar-refractivity contribution >= 4 is 5.78 Å². The molecule has 0 bridgehead atoms. The van der Waals surface area contributed by atoms with Crippen LogP contribution in [0.15, 0.2) is 23.3 Å². The minimum atomic E-state index is -0.551. The van der Waals surface area contributed by atoms with Gasteiger partial charge in [-0.05, 0) is 79.3 Å². The summed E-state index contributed by atoms with van der Waals surface area (Å²) in [5, 5.41) is 20.1. The Morgan fingerprint density at radius 1 is 1.13 bits per heavy atom. The van der Waals surface area contributed by atoms with Crippen molar-refractivity contribution in [3.8, 4) is 0 Å². The summed E-state index contributed by atoms with van der Waals surface area (Å²) in [7, 11) is 0. The molecule has 3 nitrogen and oxygen atoms in total. The fourth-order valence-electron chi connectivity index (χ4n) is 6.00. The van der Waals surface area contributed by atoms with Crippen molar-refractivity contribution in [2.45, 2.75) is 64.6 Å². The van der Waals surface area contributed by atoms with E-state index < -0.39 is 12.2 Å². The van der Waals surface area contributed by atoms with Gasteiger partial charge in [-0.15, -0.1) is 0 Å². The molecule has 0 aromatic carbocycles. The molecule has 0 aromatic heterocycles. The highest BCUT2D eigenvalue weighted by atomic mass is 16.3. The van der Waals surface area contributed by atoms with Gasteiger partial charge in [0.1, 0.15) is 0 Å². The number of carbonyl (C=O) groups excluding carboxylic acids is 1. The smallest absolute Gasteiger partial charge is 0.158 e. The fourth-order valence-corrected chi connectivity index (χ4v) is 6.00. The zero-order valence-electron chi connectivity index (χ0n) is 14.2. The largest absolute Gasteiger partial charge is 0.390 e. The number of rotatable bonds is 0. The topological polar surface area (TPSA) is 57.5 Å². The van der Waals surface area contributed by atoms with Crippen LogP contribution < -0.4 is 0 Å². The molecular formula is C20H28O3. The molecule has 7 atom stereocenters. The first-order valence-corrected chi connectivity index (χ1v) is 9.18. The number of aliphatic hydroxyl groups excluding tert-OH is 2. The Bertz CT molecular complexity index is 590. The molecule has 0 aromatic rings. The van der Waals surface area contributed by atoms with Gasteiger partial charge in [0.05, 0.1) is 12.2 Å². The fraction of sp³-hybridized carbons (Fsp3) is 0.750. The van der Waals surface area contributed by atoms with Crippen LogP contribution in [0.4, 0.5) is 0 Å². The number of hydrogen-bond donors (Lipinski definition) is 2. The van der Waals surface area contributed by atoms with Crippen molar-refractivity contribution in [3.05, 3.63) is 23.3 Å². The number of carbonyl (C=O) groups is 1. The molecule has 0 unspecified atom stereocenters. The van der Waals surface area contributed by atoms with Crippen molar-refractivity contribution in [2.24, 2.45) is 29.1 Å². The summed E-state index contributed by atoms with van der Waals surface area (Å²) in [6, 6.07) is 0. The maximum Gasteiger partial charge on any atom is 0.158 e. The third kappa shape index (κ3) is 2.35. The first-order valence-electron chi connectivity index (χ1n) is 9.18. The predicted molar refractivity (Wildman–Crippen MR) is 88.6 cm³/mol. The lowest BCUT2D eigenvalue weighted by molar-refractivity contribution is -0.117. The molecule has 0 aliphatic heterocycles. The van der Waals surface area contributed by atoms with Crippen LogP contribution in [0.5, 0.6) is 0 Å². The summed E-state index contributed by atoms with van der Waals surface area (Å²) >= 11 is 0. The Labute approximate surface area is 138 Å². The lowest BCUT2D eigenvalue weighted by atomic mass is 9.50. The van der Waals surface area contributed by atoms with Crippen LogP contribution >= 0.6 is 0 Å². The second-order valence-corrected chi connectivity index (χ2v) is 8.66. The Balaban J connectivity index is 1.67. The average molecular weight is 316 g/mol. The van der Waals surface area contributed by atoms with Gasteiger partial charge in [-0.2, -0.15) is 0 Å². The Morgan fingerprint density at radius 2 is 1.83 bits per heavy atom. The van der Waals surface area contributed by atoms with E-state index in [1.165, 1.54) is 5.57 Å². The molecule has 4 aliphatic rings. The zero-order valence-corrected chi connectivity index (χ0v) is 14.2. The molecule has 0 saturated heterocycles. The molecule has 2 N–H and O–H groups in total. The summed E-state index contributed by atoms with van der Waals surface area (Å²) in [6.45, 7) is 4.35. The summed E-state index contributed by atoms with van der Waals surface area (Å²) in [6.07, 6.45) is 8.87. The van der Waals surface area contributed by atoms with Gasteiger partial charge in [0.15, 0.2) is 5.78 Å². The van der Waals surface area contributed by atoms with Gasteiger partial charge in [0.25, 0.3) is 0 Å². The van der Waals surface area contributed by atoms with Crippen molar-refractivity contribution in [3.63, 3.8) is 0 Å². The molecule has 4 aliphatic carbocycles. The molecular weight excluding hydrogens is 288 g/mol. The number of Topliss-reactive ketones (excluding diaryl/α,β-unsaturated/α-hetero) is 1. The Kier molecular flexibility index (Phi) is 3.58. The molecule has 23 heavy (non-hydrogen) atoms. The van der Waals surface area contributed by atoms with Gasteiger partial charge in [-0.3, -0.25) is 4.79 Å². The molecule has 0 amide bonds. The number of fused-ring (bicyclic) bond motifs is 4. The SMILES string of the molecule is CC1=C2C=C[C@]3(C)C[C@@H]4C[C@H](O)[C@H](O)C[C@@H]4C[C@H]3[C@H]2CCC1=O. The lowest BCUT2D eigenvalue weighted by Crippen LogP contribution is -2.49. The standard InChI is InChI=1S/C20H28O3/c1-11-14-5-6-20(2)10-13-9-19(23)18(22)8-12(13)7-16(20)15(14)3-4-17(11)21/h5-6,12-13,15-16,18-19,22-23H,3-4,7-10H2,1-2H3/t12-,13-,15-,16-,18+,19-,20+/m0/s1. The third-order valence-corrected chi connectivity index (χ3v) is 7.37. The highest BCUT2D eigenvalue weighted by molar-refractivity contribution is 5.97. The highest BCUT2D eigenvalue weighted by Gasteiger charge is 2.51. The molecule has 126 valence electrons. The Morgan fingerprint density at radius 3 is 2.57 bits per heavy atom. The van der Waals surface area contributed by atoms with E-state index in [2.05, 4.69) is 19.1 Å². The van der Waals surface area contributed by atoms with E-state index in [4.69, 9.17) is 0 Å². The van der Waals surface area contributed by atoms with E-state index >= 15 is 0 Å². The molecule has 0 spiro atoms. The van der Waals surface area contributed by atoms with Crippen LogP contribution in [-0.4, -0.2) is 28.2 Å². The quantitative estimate of drug-likeness (QED) is 0.722. The van der Waals surface area contributed by atoms with E-state index in [0.717, 1.165) is 37.7 Å². The van der Waals surface area contributed by atoms with Crippen LogP contribution in [0.2, 0.25) is 0 Å². The molecule has 2 saturated carbocycles. The van der Waals surface area contributed by atoms with Gasteiger partial charge in [0.2, 0.25) is 0 Å². The van der Waals surface area contributed by atoms with Crippen LogP contribution in [0.25, 0.3) is 0 Å². The molecule has 2 fully saturated rings. The second kappa shape index (κ2) is 5.29. The van der Waals surface area contributed by atoms with Gasteiger partial charge < -0.3 is 10.2 Å². The molecule has 3 heteroatoms. The van der Waals surface area contributed by atoms with Crippen LogP contribution in [0, 0.1) is 29.1 Å². The van der Waals surface area contributed by atoms with Crippen LogP contribution in [0.1, 0.15) is 52.4 Å². The van der Waals surface area contributed by atoms with E-state index in [0.29, 0.717) is 35.9 Å². The first-order chi connectivity index (χ1) is 10.9. The van der Waals surface area contributed by atoms with Crippen molar-refractivity contribution in [1.82, 2.24) is 0 Å². The molecule has 0 radical (unpaired) electrons. The maximum absolute atomic E-state index is 12.0. The third-order valence-electron chi connectivity index (χ3n) is 7.37. The summed E-state index contributed by atoms with van der Waals surface area (Å²) < 4.78 is 0. The van der Waals surface area contributed by atoms with E-state index in [-0.39, 0.29) is 5.41 Å². The predicted octanol–water partition coefficient (Wildman–Crippen LogP) is 3.02. The summed E-state index contributed by atoms with van der Waals surface area (Å²) in [5.41, 5.74) is 2.43. The summed E-state index contributed by atoms with van der Waals surface area (Å²) in [5.74, 6) is 2.45. The van der Waals surface area contributed by atoms with Crippen LogP contribution in [0.3, 0.4) is 0 Å². The average Bonchev–Trinajstić information content (AvgIpc) is 2.50. The second-order valence-electron chi connectivity index (χ2n) is 8.66. The number of allylic oxidation sites excluding steroid dienone is 4. The maximum atomic E-state index is 12.0.